The van der Waals surface area contributed by atoms with Crippen LogP contribution in [-0.4, -0.2) is 68.5 Å². The molecule has 0 unspecified atom stereocenters. The molecule has 0 spiro atoms. The Hall–Kier alpha value is -3.52. The molecule has 1 fully saturated rings. The fourth-order valence-corrected chi connectivity index (χ4v) is 8.09. The standard InChI is InChI=1S/C44H57F2N6O5.Ho/c1-28-20-35-37(49(5)42(28)55)22-32(57-6)23-38(35)52-18-13-14-29-21-33(34(41(45)46)24-36(29)52)30-25-47-51(26-30)17-12-10-8-7-9-11-15-39(54)48-40(44(2,3)4)43(56)50-19-16-31(53)27-50;/h19-26,31,40-41,53H,7-18,27H2,1-6H3,(H,48,54);/q-1;/t31-,40-;/m0./s1. The maximum absolute atomic E-state index is 14.8. The summed E-state index contributed by atoms with van der Waals surface area (Å²) in [5, 5.41) is 18.2. The maximum atomic E-state index is 14.8. The number of likely N-dealkylation sites (tertiary alicyclic amines) is 1. The van der Waals surface area contributed by atoms with Gasteiger partial charge in [-0.3, -0.25) is 19.1 Å². The molecule has 0 aliphatic carbocycles. The molecule has 2 aliphatic rings. The van der Waals surface area contributed by atoms with E-state index in [0.29, 0.717) is 53.9 Å². The summed E-state index contributed by atoms with van der Waals surface area (Å²) < 4.78 is 38.7. The number of pyridine rings is 1. The van der Waals surface area contributed by atoms with Gasteiger partial charge in [-0.25, -0.2) is 15.3 Å². The fraction of sp³-hybridized carbons (Fsp3) is 0.523. The number of amides is 2. The van der Waals surface area contributed by atoms with Crippen molar-refractivity contribution in [3.63, 3.8) is 0 Å². The second-order valence-corrected chi connectivity index (χ2v) is 16.7. The first-order valence-electron chi connectivity index (χ1n) is 20.2. The van der Waals surface area contributed by atoms with Crippen LogP contribution >= 0.6 is 0 Å². The van der Waals surface area contributed by atoms with Crippen molar-refractivity contribution in [1.29, 1.82) is 0 Å². The van der Waals surface area contributed by atoms with Crippen LogP contribution in [0, 0.1) is 56.6 Å². The number of rotatable bonds is 15. The topological polar surface area (TPSA) is 122 Å². The zero-order chi connectivity index (χ0) is 41.0. The van der Waals surface area contributed by atoms with Crippen molar-refractivity contribution < 1.29 is 66.0 Å². The van der Waals surface area contributed by atoms with Gasteiger partial charge in [-0.15, -0.1) is 6.42 Å². The number of ether oxygens (including phenoxy) is 1. The van der Waals surface area contributed by atoms with Crippen molar-refractivity contribution in [2.24, 2.45) is 12.5 Å². The van der Waals surface area contributed by atoms with Gasteiger partial charge >= 0.3 is 0 Å². The number of β-amino-alcohol motifs (C(OH)–C–C–N with tert-alkyl or cyclic N) is 1. The van der Waals surface area contributed by atoms with E-state index in [0.717, 1.165) is 73.7 Å². The summed E-state index contributed by atoms with van der Waals surface area (Å²) in [6.07, 6.45) is 8.12. The third kappa shape index (κ3) is 10.4. The largest absolute Gasteiger partial charge is 0.497 e. The summed E-state index contributed by atoms with van der Waals surface area (Å²) in [4.78, 5) is 42.2. The van der Waals surface area contributed by atoms with Crippen molar-refractivity contribution in [3.05, 3.63) is 76.3 Å². The van der Waals surface area contributed by atoms with Crippen molar-refractivity contribution in [3.8, 4) is 16.9 Å². The Labute approximate surface area is 370 Å². The van der Waals surface area contributed by atoms with Crippen LogP contribution in [0.5, 0.6) is 5.75 Å². The number of aliphatic hydroxyl groups excluding tert-OH is 1. The van der Waals surface area contributed by atoms with Gasteiger partial charge < -0.3 is 29.5 Å². The quantitative estimate of drug-likeness (QED) is 0.0711. The summed E-state index contributed by atoms with van der Waals surface area (Å²) in [7, 11) is 3.31. The number of hydrogen-bond acceptors (Lipinski definition) is 7. The number of nitrogens with one attached hydrogen (secondary N) is 1. The Morgan fingerprint density at radius 1 is 1.05 bits per heavy atom. The maximum Gasteiger partial charge on any atom is 0.264 e. The van der Waals surface area contributed by atoms with Gasteiger partial charge in [0.1, 0.15) is 11.8 Å². The smallest absolute Gasteiger partial charge is 0.264 e. The van der Waals surface area contributed by atoms with Crippen molar-refractivity contribution in [2.75, 3.05) is 25.1 Å². The fourth-order valence-electron chi connectivity index (χ4n) is 8.09. The van der Waals surface area contributed by atoms with Gasteiger partial charge in [0.05, 0.1) is 24.5 Å². The zero-order valence-electron chi connectivity index (χ0n) is 34.4. The van der Waals surface area contributed by atoms with E-state index in [1.165, 1.54) is 4.90 Å². The molecule has 6 rings (SSSR count). The predicted molar refractivity (Wildman–Crippen MR) is 219 cm³/mol. The second-order valence-electron chi connectivity index (χ2n) is 16.7. The van der Waals surface area contributed by atoms with Crippen LogP contribution in [0.3, 0.4) is 0 Å². The van der Waals surface area contributed by atoms with Crippen LogP contribution < -0.4 is 20.5 Å². The number of carbonyl (C=O) groups excluding carboxylic acids is 2. The molecule has 2 aromatic heterocycles. The number of halogens is 2. The third-order valence-corrected chi connectivity index (χ3v) is 11.3. The number of benzene rings is 2. The molecule has 2 atom stereocenters. The molecule has 2 N–H and O–H groups in total. The first-order chi connectivity index (χ1) is 27.2. The average molecular weight is 953 g/mol. The monoisotopic (exact) mass is 952 g/mol. The molecule has 14 heteroatoms. The number of aryl methyl sites for hydroxylation is 4. The van der Waals surface area contributed by atoms with Crippen molar-refractivity contribution in [1.82, 2.24) is 24.6 Å². The molecule has 0 bridgehead atoms. The molecule has 2 aromatic carbocycles. The molecule has 11 nitrogen and oxygen atoms in total. The van der Waals surface area contributed by atoms with E-state index in [-0.39, 0.29) is 67.2 Å². The van der Waals surface area contributed by atoms with E-state index in [4.69, 9.17) is 4.74 Å². The second kappa shape index (κ2) is 19.7. The molecule has 4 aromatic rings. The summed E-state index contributed by atoms with van der Waals surface area (Å²) in [5.41, 5.74) is 4.38. The molecule has 4 heterocycles. The van der Waals surface area contributed by atoms with E-state index in [1.807, 2.05) is 55.9 Å². The number of nitrogens with zero attached hydrogens (tertiary/aromatic N) is 5. The van der Waals surface area contributed by atoms with Crippen molar-refractivity contribution >= 4 is 34.1 Å². The first-order valence-corrected chi connectivity index (χ1v) is 20.2. The van der Waals surface area contributed by atoms with Crippen LogP contribution in [0.15, 0.2) is 47.5 Å². The normalized spacial score (nSPS) is 16.1. The molecular formula is C44H57F2HoN6O5-. The van der Waals surface area contributed by atoms with E-state index >= 15 is 0 Å². The van der Waals surface area contributed by atoms with Gasteiger partial charge in [0.25, 0.3) is 12.0 Å². The number of aliphatic hydroxyl groups is 1. The number of alkyl halides is 2. The minimum absolute atomic E-state index is 0. The Morgan fingerprint density at radius 2 is 1.78 bits per heavy atom. The Morgan fingerprint density at radius 3 is 2.45 bits per heavy atom. The van der Waals surface area contributed by atoms with Gasteiger partial charge in [-0.05, 0) is 67.3 Å². The summed E-state index contributed by atoms with van der Waals surface area (Å²) in [6.45, 7) is 10.8. The number of anilines is 2. The zero-order valence-corrected chi connectivity index (χ0v) is 36.4. The molecular weight excluding hydrogens is 895 g/mol. The summed E-state index contributed by atoms with van der Waals surface area (Å²) in [6, 6.07) is 8.47. The van der Waals surface area contributed by atoms with E-state index in [1.54, 1.807) is 44.5 Å². The van der Waals surface area contributed by atoms with Gasteiger partial charge in [0.15, 0.2) is 0 Å². The van der Waals surface area contributed by atoms with Gasteiger partial charge in [-0.1, -0.05) is 46.5 Å². The molecule has 319 valence electrons. The van der Waals surface area contributed by atoms with E-state index in [2.05, 4.69) is 15.3 Å². The SMILES string of the molecule is COc1cc(N2CCCc3cc(-c4cnn(CCCCCCCCC(=O)N[C@@H](C(=O)N5[CH-]C[C@H](O)C5)C(C)(C)C)c4)c(C(F)F)cc32)c2cc(C)c(=O)n(C)c2c1.[Ho]. The Bertz CT molecular complexity index is 2150. The summed E-state index contributed by atoms with van der Waals surface area (Å²) in [5.74, 6) is 0.256. The van der Waals surface area contributed by atoms with Crippen LogP contribution in [-0.2, 0) is 29.6 Å². The molecule has 58 heavy (non-hydrogen) atoms. The molecule has 2 aliphatic heterocycles. The van der Waals surface area contributed by atoms with Crippen LogP contribution in [0.25, 0.3) is 22.0 Å². The molecule has 1 radical (unpaired) electrons. The number of unbranched alkanes of at least 4 members (excludes halogenated alkanes) is 5. The van der Waals surface area contributed by atoms with Gasteiger partial charge in [0, 0.05) is 123 Å². The molecule has 2 amide bonds. The third-order valence-electron chi connectivity index (χ3n) is 11.3. The first kappa shape index (κ1) is 45.6. The number of carbonyl (C=O) groups is 2. The average Bonchev–Trinajstić information content (AvgIpc) is 3.84. The van der Waals surface area contributed by atoms with E-state index < -0.39 is 24.0 Å². The number of methoxy groups -OCH3 is 1. The van der Waals surface area contributed by atoms with Gasteiger partial charge in [-0.2, -0.15) is 5.10 Å². The van der Waals surface area contributed by atoms with Crippen LogP contribution in [0.4, 0.5) is 20.2 Å². The molecule has 0 saturated carbocycles. The number of fused-ring (bicyclic) bond motifs is 2. The Kier molecular flexibility index (Phi) is 15.5. The van der Waals surface area contributed by atoms with Crippen LogP contribution in [0.2, 0.25) is 0 Å². The molecule has 1 saturated heterocycles. The Balaban J connectivity index is 0.00000641. The minimum atomic E-state index is -2.69. The van der Waals surface area contributed by atoms with E-state index in [9.17, 15) is 28.3 Å². The van der Waals surface area contributed by atoms with Gasteiger partial charge in [0.2, 0.25) is 11.8 Å². The number of aromatic nitrogens is 3. The number of hydrogen-bond donors (Lipinski definition) is 2. The van der Waals surface area contributed by atoms with Crippen LogP contribution in [0.1, 0.15) is 102 Å². The predicted octanol–water partition coefficient (Wildman–Crippen LogP) is 7.76. The van der Waals surface area contributed by atoms with Crippen molar-refractivity contribution in [2.45, 2.75) is 117 Å². The minimum Gasteiger partial charge on any atom is -0.497 e. The summed E-state index contributed by atoms with van der Waals surface area (Å²) >= 11 is 0.